The van der Waals surface area contributed by atoms with Crippen LogP contribution in [-0.4, -0.2) is 30.6 Å². The van der Waals surface area contributed by atoms with Crippen LogP contribution in [0.3, 0.4) is 0 Å². The van der Waals surface area contributed by atoms with E-state index < -0.39 is 5.91 Å². The third-order valence-electron chi connectivity index (χ3n) is 4.25. The lowest BCUT2D eigenvalue weighted by Gasteiger charge is -2.11. The number of methoxy groups -OCH3 is 1. The summed E-state index contributed by atoms with van der Waals surface area (Å²) in [7, 11) is 1.55. The molecule has 0 unspecified atom stereocenters. The van der Waals surface area contributed by atoms with Crippen molar-refractivity contribution in [3.63, 3.8) is 0 Å². The Morgan fingerprint density at radius 2 is 1.43 bits per heavy atom. The van der Waals surface area contributed by atoms with Crippen molar-refractivity contribution in [1.29, 1.82) is 0 Å². The fourth-order valence-electron chi connectivity index (χ4n) is 2.56. The smallest absolute Gasteiger partial charge is 0.269 e. The standard InChI is InChI=1S/C22H27N3O4S/c1-3-4-5-6-15-29-19-13-9-16(10-14-19)20(26)23-22(30)25-24-21(27)17-7-11-18(28-2)12-8-17/h7-14H,3-6,15H2,1-2H3,(H,24,27)(H2,23,25,26,30). The van der Waals surface area contributed by atoms with Crippen molar-refractivity contribution in [3.05, 3.63) is 59.7 Å². The zero-order chi connectivity index (χ0) is 21.8. The van der Waals surface area contributed by atoms with Crippen LogP contribution in [0.25, 0.3) is 0 Å². The predicted octanol–water partition coefficient (Wildman–Crippen LogP) is 3.60. The molecule has 0 saturated carbocycles. The Labute approximate surface area is 182 Å². The molecule has 0 aromatic heterocycles. The van der Waals surface area contributed by atoms with E-state index in [-0.39, 0.29) is 11.0 Å². The largest absolute Gasteiger partial charge is 0.497 e. The normalized spacial score (nSPS) is 10.1. The van der Waals surface area contributed by atoms with E-state index in [0.29, 0.717) is 23.5 Å². The first-order valence-corrected chi connectivity index (χ1v) is 10.2. The van der Waals surface area contributed by atoms with E-state index in [1.807, 2.05) is 0 Å². The van der Waals surface area contributed by atoms with E-state index in [4.69, 9.17) is 21.7 Å². The maximum atomic E-state index is 12.3. The molecule has 2 amide bonds. The van der Waals surface area contributed by atoms with Gasteiger partial charge in [0.2, 0.25) is 0 Å². The molecule has 0 spiro atoms. The number of carbonyl (C=O) groups excluding carboxylic acids is 2. The van der Waals surface area contributed by atoms with Gasteiger partial charge in [-0.3, -0.25) is 25.8 Å². The van der Waals surface area contributed by atoms with Gasteiger partial charge >= 0.3 is 0 Å². The molecule has 8 heteroatoms. The number of nitrogens with one attached hydrogen (secondary N) is 3. The van der Waals surface area contributed by atoms with Crippen molar-refractivity contribution in [3.8, 4) is 11.5 Å². The average molecular weight is 430 g/mol. The summed E-state index contributed by atoms with van der Waals surface area (Å²) in [5.74, 6) is 0.584. The number of hydrazine groups is 1. The van der Waals surface area contributed by atoms with Crippen LogP contribution >= 0.6 is 12.2 Å². The number of hydrogen-bond donors (Lipinski definition) is 3. The summed E-state index contributed by atoms with van der Waals surface area (Å²) in [4.78, 5) is 24.4. The second-order valence-corrected chi connectivity index (χ2v) is 6.93. The lowest BCUT2D eigenvalue weighted by atomic mass is 10.2. The van der Waals surface area contributed by atoms with Crippen molar-refractivity contribution in [1.82, 2.24) is 16.2 Å². The third kappa shape index (κ3) is 7.71. The van der Waals surface area contributed by atoms with Crippen molar-refractivity contribution in [2.45, 2.75) is 32.6 Å². The lowest BCUT2D eigenvalue weighted by Crippen LogP contribution is -2.48. The highest BCUT2D eigenvalue weighted by molar-refractivity contribution is 7.80. The summed E-state index contributed by atoms with van der Waals surface area (Å²) >= 11 is 5.05. The number of amides is 2. The maximum Gasteiger partial charge on any atom is 0.269 e. The molecular weight excluding hydrogens is 402 g/mol. The molecule has 0 fully saturated rings. The Balaban J connectivity index is 1.75. The second kappa shape index (κ2) is 12.4. The van der Waals surface area contributed by atoms with Crippen LogP contribution in [0.1, 0.15) is 53.3 Å². The van der Waals surface area contributed by atoms with Gasteiger partial charge in [0.15, 0.2) is 5.11 Å². The van der Waals surface area contributed by atoms with Gasteiger partial charge in [-0.1, -0.05) is 26.2 Å². The van der Waals surface area contributed by atoms with Gasteiger partial charge in [-0.15, -0.1) is 0 Å². The van der Waals surface area contributed by atoms with Crippen LogP contribution in [-0.2, 0) is 0 Å². The minimum atomic E-state index is -0.394. The zero-order valence-corrected chi connectivity index (χ0v) is 18.0. The first kappa shape index (κ1) is 23.2. The molecule has 3 N–H and O–H groups in total. The van der Waals surface area contributed by atoms with Crippen LogP contribution in [0.4, 0.5) is 0 Å². The molecule has 0 atom stereocenters. The van der Waals surface area contributed by atoms with E-state index in [1.165, 1.54) is 12.8 Å². The van der Waals surface area contributed by atoms with Gasteiger partial charge in [-0.05, 0) is 67.2 Å². The molecule has 2 aromatic rings. The molecule has 0 bridgehead atoms. The Kier molecular flexibility index (Phi) is 9.60. The highest BCUT2D eigenvalue weighted by atomic mass is 32.1. The van der Waals surface area contributed by atoms with Gasteiger partial charge in [0.25, 0.3) is 11.8 Å². The Bertz CT molecular complexity index is 838. The molecule has 160 valence electrons. The van der Waals surface area contributed by atoms with E-state index in [2.05, 4.69) is 23.1 Å². The minimum Gasteiger partial charge on any atom is -0.497 e. The fourth-order valence-corrected chi connectivity index (χ4v) is 2.70. The predicted molar refractivity (Wildman–Crippen MR) is 120 cm³/mol. The van der Waals surface area contributed by atoms with Crippen molar-refractivity contribution in [2.75, 3.05) is 13.7 Å². The lowest BCUT2D eigenvalue weighted by molar-refractivity contribution is 0.0934. The number of thiocarbonyl (C=S) groups is 1. The molecule has 7 nitrogen and oxygen atoms in total. The molecule has 0 heterocycles. The fraction of sp³-hybridized carbons (Fsp3) is 0.318. The topological polar surface area (TPSA) is 88.7 Å². The van der Waals surface area contributed by atoms with Gasteiger partial charge < -0.3 is 9.47 Å². The molecule has 0 aliphatic carbocycles. The van der Waals surface area contributed by atoms with Gasteiger partial charge in [-0.25, -0.2) is 0 Å². The number of ether oxygens (including phenoxy) is 2. The van der Waals surface area contributed by atoms with Crippen LogP contribution in [0.5, 0.6) is 11.5 Å². The van der Waals surface area contributed by atoms with Gasteiger partial charge in [-0.2, -0.15) is 0 Å². The summed E-state index contributed by atoms with van der Waals surface area (Å²) in [6.45, 7) is 2.83. The molecule has 30 heavy (non-hydrogen) atoms. The summed E-state index contributed by atoms with van der Waals surface area (Å²) in [6.07, 6.45) is 4.55. The highest BCUT2D eigenvalue weighted by Gasteiger charge is 2.10. The Hall–Kier alpha value is -3.13. The highest BCUT2D eigenvalue weighted by Crippen LogP contribution is 2.13. The average Bonchev–Trinajstić information content (AvgIpc) is 2.77. The number of benzene rings is 2. The number of hydrogen-bond acceptors (Lipinski definition) is 5. The van der Waals surface area contributed by atoms with Crippen molar-refractivity contribution < 1.29 is 19.1 Å². The van der Waals surface area contributed by atoms with E-state index in [9.17, 15) is 9.59 Å². The third-order valence-corrected chi connectivity index (χ3v) is 4.46. The molecule has 0 radical (unpaired) electrons. The summed E-state index contributed by atoms with van der Waals surface area (Å²) in [5, 5.41) is 2.50. The summed E-state index contributed by atoms with van der Waals surface area (Å²) in [6, 6.07) is 13.4. The first-order valence-electron chi connectivity index (χ1n) is 9.82. The first-order chi connectivity index (χ1) is 14.5. The van der Waals surface area contributed by atoms with Crippen molar-refractivity contribution >= 4 is 29.1 Å². The van der Waals surface area contributed by atoms with Crippen LogP contribution < -0.4 is 25.6 Å². The monoisotopic (exact) mass is 429 g/mol. The van der Waals surface area contributed by atoms with E-state index in [0.717, 1.165) is 18.6 Å². The molecule has 2 aromatic carbocycles. The van der Waals surface area contributed by atoms with E-state index >= 15 is 0 Å². The van der Waals surface area contributed by atoms with Gasteiger partial charge in [0.1, 0.15) is 11.5 Å². The molecular formula is C22H27N3O4S. The van der Waals surface area contributed by atoms with Crippen molar-refractivity contribution in [2.24, 2.45) is 0 Å². The van der Waals surface area contributed by atoms with Crippen LogP contribution in [0.2, 0.25) is 0 Å². The molecule has 2 rings (SSSR count). The number of unbranched alkanes of at least 4 members (excludes halogenated alkanes) is 3. The molecule has 0 aliphatic heterocycles. The maximum absolute atomic E-state index is 12.3. The quantitative estimate of drug-likeness (QED) is 0.321. The van der Waals surface area contributed by atoms with E-state index in [1.54, 1.807) is 55.6 Å². The molecule has 0 saturated heterocycles. The van der Waals surface area contributed by atoms with Crippen LogP contribution in [0, 0.1) is 0 Å². The Morgan fingerprint density at radius 3 is 2.03 bits per heavy atom. The number of rotatable bonds is 9. The SMILES string of the molecule is CCCCCCOc1ccc(C(=O)NC(=S)NNC(=O)c2ccc(OC)cc2)cc1. The summed E-state index contributed by atoms with van der Waals surface area (Å²) in [5.41, 5.74) is 5.79. The van der Waals surface area contributed by atoms with Crippen LogP contribution in [0.15, 0.2) is 48.5 Å². The Morgan fingerprint density at radius 1 is 0.833 bits per heavy atom. The van der Waals surface area contributed by atoms with Gasteiger partial charge in [0.05, 0.1) is 13.7 Å². The minimum absolute atomic E-state index is 0.0156. The van der Waals surface area contributed by atoms with Gasteiger partial charge in [0, 0.05) is 11.1 Å². The zero-order valence-electron chi connectivity index (χ0n) is 17.2. The second-order valence-electron chi connectivity index (χ2n) is 6.52. The number of carbonyl (C=O) groups is 2. The summed E-state index contributed by atoms with van der Waals surface area (Å²) < 4.78 is 10.7. The molecule has 0 aliphatic rings.